The summed E-state index contributed by atoms with van der Waals surface area (Å²) in [5.41, 5.74) is 0. The first kappa shape index (κ1) is 12.7. The van der Waals surface area contributed by atoms with E-state index in [9.17, 15) is 4.79 Å². The van der Waals surface area contributed by atoms with E-state index in [2.05, 4.69) is 24.1 Å². The smallest absolute Gasteiger partial charge is 0.221 e. The molecule has 13 heavy (non-hydrogen) atoms. The van der Waals surface area contributed by atoms with E-state index in [0.717, 1.165) is 6.54 Å². The minimum Gasteiger partial charge on any atom is -0.355 e. The number of carbonyl (C=O) groups is 1. The van der Waals surface area contributed by atoms with E-state index < -0.39 is 0 Å². The van der Waals surface area contributed by atoms with E-state index in [1.165, 1.54) is 0 Å². The van der Waals surface area contributed by atoms with Crippen molar-refractivity contribution in [2.24, 2.45) is 0 Å². The third-order valence-corrected chi connectivity index (χ3v) is 2.18. The first-order chi connectivity index (χ1) is 6.07. The molecule has 0 aromatic carbocycles. The molecular weight excluding hydrogens is 188 g/mol. The number of nitrogens with zero attached hydrogens (tertiary/aromatic N) is 1. The number of likely N-dealkylation sites (N-methyl/N-ethyl adjacent to an activating group) is 1. The largest absolute Gasteiger partial charge is 0.355 e. The molecule has 0 saturated heterocycles. The summed E-state index contributed by atoms with van der Waals surface area (Å²) in [6, 6.07) is 0.518. The molecular formula is C9H19ClN2O. The average Bonchev–Trinajstić information content (AvgIpc) is 2.04. The van der Waals surface area contributed by atoms with Gasteiger partial charge in [-0.05, 0) is 20.9 Å². The molecule has 0 aliphatic heterocycles. The van der Waals surface area contributed by atoms with Crippen LogP contribution in [0.1, 0.15) is 20.3 Å². The van der Waals surface area contributed by atoms with Gasteiger partial charge >= 0.3 is 0 Å². The van der Waals surface area contributed by atoms with E-state index >= 15 is 0 Å². The zero-order valence-corrected chi connectivity index (χ0v) is 9.40. The minimum absolute atomic E-state index is 0.0344. The molecule has 4 heteroatoms. The van der Waals surface area contributed by atoms with Gasteiger partial charge in [0.2, 0.25) is 5.91 Å². The molecule has 0 aromatic heterocycles. The zero-order valence-electron chi connectivity index (χ0n) is 8.64. The number of nitrogens with one attached hydrogen (secondary N) is 1. The Kier molecular flexibility index (Phi) is 7.00. The van der Waals surface area contributed by atoms with Gasteiger partial charge in [-0.2, -0.15) is 0 Å². The Balaban J connectivity index is 3.39. The van der Waals surface area contributed by atoms with Gasteiger partial charge in [0.15, 0.2) is 0 Å². The molecule has 0 heterocycles. The van der Waals surface area contributed by atoms with Crippen LogP contribution in [0.2, 0.25) is 0 Å². The summed E-state index contributed by atoms with van der Waals surface area (Å²) in [6.07, 6.45) is 0.410. The van der Waals surface area contributed by atoms with Gasteiger partial charge in [0.25, 0.3) is 0 Å². The maximum absolute atomic E-state index is 11.0. The molecule has 78 valence electrons. The van der Waals surface area contributed by atoms with Crippen LogP contribution >= 0.6 is 11.6 Å². The molecule has 3 nitrogen and oxygen atoms in total. The number of rotatable bonds is 6. The maximum atomic E-state index is 11.0. The molecule has 0 radical (unpaired) electrons. The van der Waals surface area contributed by atoms with Crippen molar-refractivity contribution < 1.29 is 4.79 Å². The van der Waals surface area contributed by atoms with Gasteiger partial charge in [-0.3, -0.25) is 4.79 Å². The molecule has 0 aromatic rings. The third-order valence-electron chi connectivity index (χ3n) is 1.99. The highest BCUT2D eigenvalue weighted by atomic mass is 35.5. The lowest BCUT2D eigenvalue weighted by Crippen LogP contribution is -2.36. The fraction of sp³-hybridized carbons (Fsp3) is 0.889. The van der Waals surface area contributed by atoms with E-state index in [-0.39, 0.29) is 5.91 Å². The standard InChI is InChI=1S/C9H19ClN2O/c1-8(2)12(3)7-6-11-9(13)4-5-10/h8H,4-7H2,1-3H3,(H,11,13). The second-order valence-corrected chi connectivity index (χ2v) is 3.74. The molecule has 0 aliphatic rings. The van der Waals surface area contributed by atoms with Crippen LogP contribution in [0.25, 0.3) is 0 Å². The summed E-state index contributed by atoms with van der Waals surface area (Å²) >= 11 is 5.42. The van der Waals surface area contributed by atoms with Crippen molar-refractivity contribution >= 4 is 17.5 Å². The van der Waals surface area contributed by atoms with Gasteiger partial charge in [-0.1, -0.05) is 0 Å². The SMILES string of the molecule is CC(C)N(C)CCNC(=O)CCCl. The summed E-state index contributed by atoms with van der Waals surface area (Å²) < 4.78 is 0. The van der Waals surface area contributed by atoms with Crippen molar-refractivity contribution in [2.45, 2.75) is 26.3 Å². The highest BCUT2D eigenvalue weighted by molar-refractivity contribution is 6.18. The number of amides is 1. The van der Waals surface area contributed by atoms with Gasteiger partial charge in [-0.25, -0.2) is 0 Å². The molecule has 0 fully saturated rings. The summed E-state index contributed by atoms with van der Waals surface area (Å²) in [7, 11) is 2.04. The van der Waals surface area contributed by atoms with Crippen molar-refractivity contribution in [3.8, 4) is 0 Å². The molecule has 1 N–H and O–H groups in total. The predicted octanol–water partition coefficient (Wildman–Crippen LogP) is 1.07. The van der Waals surface area contributed by atoms with Crippen LogP contribution in [0.4, 0.5) is 0 Å². The van der Waals surface area contributed by atoms with Gasteiger partial charge in [0.05, 0.1) is 0 Å². The number of halogens is 1. The predicted molar refractivity (Wildman–Crippen MR) is 56.1 cm³/mol. The monoisotopic (exact) mass is 206 g/mol. The second-order valence-electron chi connectivity index (χ2n) is 3.36. The number of carbonyl (C=O) groups excluding carboxylic acids is 1. The quantitative estimate of drug-likeness (QED) is 0.660. The number of hydrogen-bond donors (Lipinski definition) is 1. The Hall–Kier alpha value is -0.280. The molecule has 0 unspecified atom stereocenters. The van der Waals surface area contributed by atoms with Crippen LogP contribution in [0.15, 0.2) is 0 Å². The van der Waals surface area contributed by atoms with Crippen LogP contribution in [0.5, 0.6) is 0 Å². The lowest BCUT2D eigenvalue weighted by molar-refractivity contribution is -0.120. The van der Waals surface area contributed by atoms with Gasteiger partial charge in [0.1, 0.15) is 0 Å². The summed E-state index contributed by atoms with van der Waals surface area (Å²) in [6.45, 7) is 5.83. The maximum Gasteiger partial charge on any atom is 0.221 e. The lowest BCUT2D eigenvalue weighted by atomic mass is 10.3. The molecule has 0 atom stereocenters. The Bertz CT molecular complexity index is 151. The van der Waals surface area contributed by atoms with Crippen molar-refractivity contribution in [3.63, 3.8) is 0 Å². The van der Waals surface area contributed by atoms with Crippen molar-refractivity contribution in [1.82, 2.24) is 10.2 Å². The molecule has 0 saturated carbocycles. The Labute approximate surface area is 85.4 Å². The number of hydrogen-bond acceptors (Lipinski definition) is 2. The van der Waals surface area contributed by atoms with Gasteiger partial charge < -0.3 is 10.2 Å². The Morgan fingerprint density at radius 3 is 2.62 bits per heavy atom. The second kappa shape index (κ2) is 7.15. The fourth-order valence-corrected chi connectivity index (χ4v) is 0.976. The average molecular weight is 207 g/mol. The molecule has 1 amide bonds. The zero-order chi connectivity index (χ0) is 10.3. The van der Waals surface area contributed by atoms with Crippen molar-refractivity contribution in [3.05, 3.63) is 0 Å². The van der Waals surface area contributed by atoms with E-state index in [0.29, 0.717) is 24.9 Å². The summed E-state index contributed by atoms with van der Waals surface area (Å²) in [4.78, 5) is 13.2. The highest BCUT2D eigenvalue weighted by Gasteiger charge is 2.03. The first-order valence-corrected chi connectivity index (χ1v) is 5.14. The van der Waals surface area contributed by atoms with E-state index in [4.69, 9.17) is 11.6 Å². The molecule has 0 spiro atoms. The first-order valence-electron chi connectivity index (χ1n) is 4.60. The molecule has 0 bridgehead atoms. The molecule has 0 rings (SSSR count). The summed E-state index contributed by atoms with van der Waals surface area (Å²) in [5, 5.41) is 2.80. The van der Waals surface area contributed by atoms with Crippen molar-refractivity contribution in [2.75, 3.05) is 26.0 Å². The van der Waals surface area contributed by atoms with E-state index in [1.54, 1.807) is 0 Å². The minimum atomic E-state index is 0.0344. The molecule has 0 aliphatic carbocycles. The third kappa shape index (κ3) is 6.84. The Morgan fingerprint density at radius 1 is 1.54 bits per heavy atom. The van der Waals surface area contributed by atoms with Crippen molar-refractivity contribution in [1.29, 1.82) is 0 Å². The summed E-state index contributed by atoms with van der Waals surface area (Å²) in [5.74, 6) is 0.429. The number of alkyl halides is 1. The van der Waals surface area contributed by atoms with Gasteiger partial charge in [-0.15, -0.1) is 11.6 Å². The lowest BCUT2D eigenvalue weighted by Gasteiger charge is -2.20. The fourth-order valence-electron chi connectivity index (χ4n) is 0.804. The van der Waals surface area contributed by atoms with Crippen LogP contribution < -0.4 is 5.32 Å². The van der Waals surface area contributed by atoms with Crippen LogP contribution in [-0.4, -0.2) is 42.9 Å². The normalized spacial score (nSPS) is 10.9. The Morgan fingerprint density at radius 2 is 2.15 bits per heavy atom. The van der Waals surface area contributed by atoms with Crippen LogP contribution in [0.3, 0.4) is 0 Å². The van der Waals surface area contributed by atoms with Crippen LogP contribution in [-0.2, 0) is 4.79 Å². The highest BCUT2D eigenvalue weighted by Crippen LogP contribution is 1.91. The van der Waals surface area contributed by atoms with Crippen LogP contribution in [0, 0.1) is 0 Å². The topological polar surface area (TPSA) is 32.3 Å². The van der Waals surface area contributed by atoms with Gasteiger partial charge in [0, 0.05) is 31.4 Å². The van der Waals surface area contributed by atoms with E-state index in [1.807, 2.05) is 7.05 Å².